The lowest BCUT2D eigenvalue weighted by Crippen LogP contribution is -2.39. The molecule has 1 fully saturated rings. The summed E-state index contributed by atoms with van der Waals surface area (Å²) in [5.74, 6) is -0.194. The molecular weight excluding hydrogens is 210 g/mol. The summed E-state index contributed by atoms with van der Waals surface area (Å²) >= 11 is 0. The van der Waals surface area contributed by atoms with Crippen LogP contribution in [0, 0.1) is 5.92 Å². The van der Waals surface area contributed by atoms with Crippen LogP contribution in [0.5, 0.6) is 0 Å². The van der Waals surface area contributed by atoms with Crippen LogP contribution in [-0.2, 0) is 9.59 Å². The third-order valence-electron chi connectivity index (χ3n) is 2.74. The van der Waals surface area contributed by atoms with Gasteiger partial charge in [-0.25, -0.2) is 4.79 Å². The molecule has 90 valence electrons. The highest BCUT2D eigenvalue weighted by Crippen LogP contribution is 2.14. The van der Waals surface area contributed by atoms with Crippen molar-refractivity contribution in [2.75, 3.05) is 19.6 Å². The van der Waals surface area contributed by atoms with Crippen LogP contribution in [-0.4, -0.2) is 42.8 Å². The average Bonchev–Trinajstić information content (AvgIpc) is 2.26. The van der Waals surface area contributed by atoms with Crippen molar-refractivity contribution in [3.8, 4) is 0 Å². The molecule has 1 saturated heterocycles. The molecule has 3 N–H and O–H groups in total. The number of hydrogen-bond acceptors (Lipinski definition) is 4. The molecule has 1 heterocycles. The predicted octanol–water partition coefficient (Wildman–Crippen LogP) is -0.518. The molecule has 0 unspecified atom stereocenters. The SMILES string of the molecule is NC(=O)NC(=O)CCN1CCC(C=O)CC1. The lowest BCUT2D eigenvalue weighted by molar-refractivity contribution is -0.120. The number of amides is 3. The predicted molar refractivity (Wildman–Crippen MR) is 57.6 cm³/mol. The van der Waals surface area contributed by atoms with Crippen molar-refractivity contribution >= 4 is 18.2 Å². The van der Waals surface area contributed by atoms with Gasteiger partial charge in [0.1, 0.15) is 6.29 Å². The number of urea groups is 1. The van der Waals surface area contributed by atoms with E-state index in [9.17, 15) is 14.4 Å². The van der Waals surface area contributed by atoms with Gasteiger partial charge in [0, 0.05) is 18.9 Å². The topological polar surface area (TPSA) is 92.5 Å². The summed E-state index contributed by atoms with van der Waals surface area (Å²) in [6, 6.07) is -0.815. The lowest BCUT2D eigenvalue weighted by Gasteiger charge is -2.29. The van der Waals surface area contributed by atoms with E-state index in [2.05, 4.69) is 4.90 Å². The number of nitrogens with two attached hydrogens (primary N) is 1. The lowest BCUT2D eigenvalue weighted by atomic mass is 9.98. The Morgan fingerprint density at radius 1 is 1.38 bits per heavy atom. The second kappa shape index (κ2) is 6.22. The van der Waals surface area contributed by atoms with Gasteiger partial charge in [-0.2, -0.15) is 0 Å². The minimum atomic E-state index is -0.815. The Balaban J connectivity index is 2.17. The first kappa shape index (κ1) is 12.6. The number of nitrogens with one attached hydrogen (secondary N) is 1. The summed E-state index contributed by atoms with van der Waals surface area (Å²) in [6.07, 6.45) is 2.95. The van der Waals surface area contributed by atoms with Gasteiger partial charge in [0.25, 0.3) is 0 Å². The Kier molecular flexibility index (Phi) is 4.91. The molecule has 3 amide bonds. The maximum atomic E-state index is 11.1. The number of piperidine rings is 1. The molecule has 0 saturated carbocycles. The van der Waals surface area contributed by atoms with Crippen molar-refractivity contribution in [1.82, 2.24) is 10.2 Å². The standard InChI is InChI=1S/C10H17N3O3/c11-10(16)12-9(15)3-6-13-4-1-8(7-14)2-5-13/h7-8H,1-6H2,(H3,11,12,15,16). The minimum absolute atomic E-state index is 0.163. The number of carbonyl (C=O) groups excluding carboxylic acids is 3. The molecule has 1 aliphatic heterocycles. The van der Waals surface area contributed by atoms with Crippen LogP contribution >= 0.6 is 0 Å². The van der Waals surface area contributed by atoms with Crippen molar-refractivity contribution in [2.24, 2.45) is 11.7 Å². The number of likely N-dealkylation sites (tertiary alicyclic amines) is 1. The van der Waals surface area contributed by atoms with E-state index >= 15 is 0 Å². The van der Waals surface area contributed by atoms with Gasteiger partial charge < -0.3 is 15.4 Å². The second-order valence-corrected chi connectivity index (χ2v) is 3.98. The zero-order valence-electron chi connectivity index (χ0n) is 9.15. The Hall–Kier alpha value is -1.43. The van der Waals surface area contributed by atoms with Gasteiger partial charge >= 0.3 is 6.03 Å². The van der Waals surface area contributed by atoms with E-state index in [1.807, 2.05) is 5.32 Å². The molecule has 0 aromatic carbocycles. The van der Waals surface area contributed by atoms with E-state index < -0.39 is 6.03 Å². The first-order valence-corrected chi connectivity index (χ1v) is 5.38. The number of rotatable bonds is 4. The van der Waals surface area contributed by atoms with Gasteiger partial charge in [-0.15, -0.1) is 0 Å². The Bertz CT molecular complexity index is 272. The maximum absolute atomic E-state index is 11.1. The van der Waals surface area contributed by atoms with Crippen LogP contribution in [0.2, 0.25) is 0 Å². The van der Waals surface area contributed by atoms with Crippen LogP contribution in [0.25, 0.3) is 0 Å². The fraction of sp³-hybridized carbons (Fsp3) is 0.700. The molecule has 1 rings (SSSR count). The van der Waals surface area contributed by atoms with E-state index in [0.717, 1.165) is 32.2 Å². The molecular formula is C10H17N3O3. The summed E-state index contributed by atoms with van der Waals surface area (Å²) in [7, 11) is 0. The van der Waals surface area contributed by atoms with Crippen LogP contribution in [0.1, 0.15) is 19.3 Å². The molecule has 1 aliphatic rings. The highest BCUT2D eigenvalue weighted by Gasteiger charge is 2.18. The molecule has 0 bridgehead atoms. The molecule has 0 aromatic heterocycles. The summed E-state index contributed by atoms with van der Waals surface area (Å²) in [6.45, 7) is 2.26. The molecule has 0 spiro atoms. The first-order chi connectivity index (χ1) is 7.61. The molecule has 6 nitrogen and oxygen atoms in total. The van der Waals surface area contributed by atoms with E-state index in [1.165, 1.54) is 0 Å². The van der Waals surface area contributed by atoms with Gasteiger partial charge in [0.2, 0.25) is 5.91 Å². The van der Waals surface area contributed by atoms with Gasteiger partial charge in [-0.3, -0.25) is 10.1 Å². The van der Waals surface area contributed by atoms with Crippen LogP contribution in [0.15, 0.2) is 0 Å². The van der Waals surface area contributed by atoms with Crippen molar-refractivity contribution in [1.29, 1.82) is 0 Å². The van der Waals surface area contributed by atoms with E-state index in [0.29, 0.717) is 6.54 Å². The van der Waals surface area contributed by atoms with E-state index in [-0.39, 0.29) is 18.2 Å². The number of nitrogens with zero attached hydrogens (tertiary/aromatic N) is 1. The number of aldehydes is 1. The number of hydrogen-bond donors (Lipinski definition) is 2. The maximum Gasteiger partial charge on any atom is 0.318 e. The van der Waals surface area contributed by atoms with Crippen molar-refractivity contribution in [3.05, 3.63) is 0 Å². The summed E-state index contributed by atoms with van der Waals surface area (Å²) in [5, 5.41) is 2.02. The fourth-order valence-corrected chi connectivity index (χ4v) is 1.77. The van der Waals surface area contributed by atoms with Crippen molar-refractivity contribution < 1.29 is 14.4 Å². The van der Waals surface area contributed by atoms with E-state index in [4.69, 9.17) is 5.73 Å². The number of imide groups is 1. The highest BCUT2D eigenvalue weighted by molar-refractivity contribution is 5.93. The molecule has 0 radical (unpaired) electrons. The van der Waals surface area contributed by atoms with Crippen LogP contribution < -0.4 is 11.1 Å². The van der Waals surface area contributed by atoms with Gasteiger partial charge in [0.15, 0.2) is 0 Å². The smallest absolute Gasteiger partial charge is 0.318 e. The number of carbonyl (C=O) groups is 3. The summed E-state index contributed by atoms with van der Waals surface area (Å²) in [5.41, 5.74) is 4.81. The van der Waals surface area contributed by atoms with Crippen LogP contribution in [0.4, 0.5) is 4.79 Å². The Morgan fingerprint density at radius 3 is 2.50 bits per heavy atom. The van der Waals surface area contributed by atoms with Gasteiger partial charge in [-0.05, 0) is 25.9 Å². The average molecular weight is 227 g/mol. The third kappa shape index (κ3) is 4.39. The Labute approximate surface area is 94.2 Å². The van der Waals surface area contributed by atoms with E-state index in [1.54, 1.807) is 0 Å². The van der Waals surface area contributed by atoms with Crippen molar-refractivity contribution in [3.63, 3.8) is 0 Å². The highest BCUT2D eigenvalue weighted by atomic mass is 16.2. The minimum Gasteiger partial charge on any atom is -0.351 e. The normalized spacial score (nSPS) is 18.0. The third-order valence-corrected chi connectivity index (χ3v) is 2.74. The first-order valence-electron chi connectivity index (χ1n) is 5.38. The fourth-order valence-electron chi connectivity index (χ4n) is 1.77. The van der Waals surface area contributed by atoms with Crippen molar-refractivity contribution in [2.45, 2.75) is 19.3 Å². The van der Waals surface area contributed by atoms with Gasteiger partial charge in [-0.1, -0.05) is 0 Å². The summed E-state index contributed by atoms with van der Waals surface area (Å²) in [4.78, 5) is 34.1. The second-order valence-electron chi connectivity index (χ2n) is 3.98. The van der Waals surface area contributed by atoms with Crippen LogP contribution in [0.3, 0.4) is 0 Å². The molecule has 6 heteroatoms. The monoisotopic (exact) mass is 227 g/mol. The molecule has 0 aliphatic carbocycles. The quantitative estimate of drug-likeness (QED) is 0.632. The molecule has 0 atom stereocenters. The molecule has 0 aromatic rings. The largest absolute Gasteiger partial charge is 0.351 e. The summed E-state index contributed by atoms with van der Waals surface area (Å²) < 4.78 is 0. The number of primary amides is 1. The zero-order chi connectivity index (χ0) is 12.0. The zero-order valence-corrected chi connectivity index (χ0v) is 9.15. The molecule has 16 heavy (non-hydrogen) atoms. The Morgan fingerprint density at radius 2 is 2.00 bits per heavy atom. The van der Waals surface area contributed by atoms with Gasteiger partial charge in [0.05, 0.1) is 0 Å².